The fraction of sp³-hybridized carbons (Fsp3) is 1.00. The van der Waals surface area contributed by atoms with Crippen LogP contribution in [0.4, 0.5) is 0 Å². The van der Waals surface area contributed by atoms with E-state index >= 15 is 0 Å². The predicted molar refractivity (Wildman–Crippen MR) is 48.6 cm³/mol. The Morgan fingerprint density at radius 1 is 1.60 bits per heavy atom. The van der Waals surface area contributed by atoms with E-state index in [1.807, 2.05) is 0 Å². The molecule has 1 nitrogen and oxygen atoms in total. The van der Waals surface area contributed by atoms with Crippen LogP contribution < -0.4 is 5.32 Å². The highest BCUT2D eigenvalue weighted by Gasteiger charge is 2.09. The van der Waals surface area contributed by atoms with Gasteiger partial charge in [-0.25, -0.2) is 0 Å². The van der Waals surface area contributed by atoms with Gasteiger partial charge in [0, 0.05) is 11.8 Å². The van der Waals surface area contributed by atoms with Crippen molar-refractivity contribution >= 4 is 11.8 Å². The summed E-state index contributed by atoms with van der Waals surface area (Å²) in [5.41, 5.74) is 0. The maximum Gasteiger partial charge on any atom is 0.0158 e. The van der Waals surface area contributed by atoms with Crippen LogP contribution in [0.15, 0.2) is 0 Å². The summed E-state index contributed by atoms with van der Waals surface area (Å²) in [6, 6.07) is 0.803. The molecule has 10 heavy (non-hydrogen) atoms. The third-order valence-electron chi connectivity index (χ3n) is 1.85. The average molecular weight is 159 g/mol. The predicted octanol–water partition coefficient (Wildman–Crippen LogP) is 1.88. The largest absolute Gasteiger partial charge is 0.313 e. The van der Waals surface area contributed by atoms with Gasteiger partial charge in [0.1, 0.15) is 0 Å². The first-order valence-corrected chi connectivity index (χ1v) is 5.40. The van der Waals surface area contributed by atoms with Crippen LogP contribution in [-0.4, -0.2) is 24.1 Å². The lowest BCUT2D eigenvalue weighted by molar-refractivity contribution is 0.523. The first-order valence-electron chi connectivity index (χ1n) is 4.24. The normalized spacial score (nSPS) is 27.9. The van der Waals surface area contributed by atoms with Crippen LogP contribution in [0.2, 0.25) is 0 Å². The molecule has 1 rings (SSSR count). The molecule has 0 aliphatic carbocycles. The van der Waals surface area contributed by atoms with Crippen LogP contribution in [0.3, 0.4) is 0 Å². The van der Waals surface area contributed by atoms with Crippen LogP contribution in [0, 0.1) is 0 Å². The number of hydrogen-bond donors (Lipinski definition) is 1. The minimum absolute atomic E-state index is 0.803. The quantitative estimate of drug-likeness (QED) is 0.660. The fourth-order valence-corrected chi connectivity index (χ4v) is 2.38. The van der Waals surface area contributed by atoms with E-state index in [0.29, 0.717) is 0 Å². The second-order valence-corrected chi connectivity index (χ2v) is 4.02. The van der Waals surface area contributed by atoms with Crippen LogP contribution in [0.1, 0.15) is 26.2 Å². The summed E-state index contributed by atoms with van der Waals surface area (Å²) in [5, 5.41) is 3.56. The van der Waals surface area contributed by atoms with Crippen molar-refractivity contribution in [2.24, 2.45) is 0 Å². The molecule has 1 atom stereocenters. The number of rotatable bonds is 2. The van der Waals surface area contributed by atoms with E-state index in [0.717, 1.165) is 6.04 Å². The third kappa shape index (κ3) is 2.93. The molecule has 0 amide bonds. The molecule has 1 aliphatic heterocycles. The molecule has 0 saturated carbocycles. The molecule has 0 aromatic heterocycles. The third-order valence-corrected chi connectivity index (χ3v) is 3.07. The monoisotopic (exact) mass is 159 g/mol. The Hall–Kier alpha value is 0.310. The maximum atomic E-state index is 3.56. The Kier molecular flexibility index (Phi) is 4.23. The van der Waals surface area contributed by atoms with E-state index in [4.69, 9.17) is 0 Å². The van der Waals surface area contributed by atoms with Gasteiger partial charge in [0.2, 0.25) is 0 Å². The molecule has 0 bridgehead atoms. The Morgan fingerprint density at radius 3 is 3.30 bits per heavy atom. The lowest BCUT2D eigenvalue weighted by atomic mass is 10.2. The zero-order chi connectivity index (χ0) is 7.23. The van der Waals surface area contributed by atoms with Crippen LogP contribution in [-0.2, 0) is 0 Å². The molecule has 1 heterocycles. The summed E-state index contributed by atoms with van der Waals surface area (Å²) in [4.78, 5) is 0. The van der Waals surface area contributed by atoms with Gasteiger partial charge in [-0.3, -0.25) is 0 Å². The highest BCUT2D eigenvalue weighted by molar-refractivity contribution is 7.99. The van der Waals surface area contributed by atoms with Gasteiger partial charge in [0.25, 0.3) is 0 Å². The Morgan fingerprint density at radius 2 is 2.50 bits per heavy atom. The van der Waals surface area contributed by atoms with E-state index in [2.05, 4.69) is 24.0 Å². The van der Waals surface area contributed by atoms with Gasteiger partial charge >= 0.3 is 0 Å². The van der Waals surface area contributed by atoms with E-state index in [-0.39, 0.29) is 0 Å². The van der Waals surface area contributed by atoms with E-state index in [9.17, 15) is 0 Å². The van der Waals surface area contributed by atoms with E-state index in [1.165, 1.54) is 37.3 Å². The maximum absolute atomic E-state index is 3.56. The molecule has 2 heteroatoms. The summed E-state index contributed by atoms with van der Waals surface area (Å²) in [5.74, 6) is 2.68. The summed E-state index contributed by atoms with van der Waals surface area (Å²) in [7, 11) is 0. The molecule has 1 aliphatic rings. The lowest BCUT2D eigenvalue weighted by Crippen LogP contribution is -2.30. The number of nitrogens with one attached hydrogen (secondary N) is 1. The molecular formula is C8H17NS. The van der Waals surface area contributed by atoms with Crippen molar-refractivity contribution in [3.8, 4) is 0 Å². The van der Waals surface area contributed by atoms with E-state index < -0.39 is 0 Å². The molecule has 0 spiro atoms. The molecule has 60 valence electrons. The molecule has 0 radical (unpaired) electrons. The van der Waals surface area contributed by atoms with Crippen molar-refractivity contribution in [1.29, 1.82) is 0 Å². The van der Waals surface area contributed by atoms with Crippen LogP contribution >= 0.6 is 11.8 Å². The number of thioether (sulfide) groups is 1. The average Bonchev–Trinajstić information content (AvgIpc) is 2.17. The second kappa shape index (κ2) is 5.03. The van der Waals surface area contributed by atoms with Gasteiger partial charge in [0.05, 0.1) is 0 Å². The topological polar surface area (TPSA) is 12.0 Å². The highest BCUT2D eigenvalue weighted by atomic mass is 32.2. The van der Waals surface area contributed by atoms with Gasteiger partial charge in [-0.2, -0.15) is 11.8 Å². The molecule has 1 fully saturated rings. The molecule has 1 N–H and O–H groups in total. The standard InChI is InChI=1S/C8H17NS/c1-2-4-8-7-10-6-3-5-9-8/h8-9H,2-7H2,1H3. The van der Waals surface area contributed by atoms with Crippen molar-refractivity contribution < 1.29 is 0 Å². The van der Waals surface area contributed by atoms with Gasteiger partial charge in [-0.05, 0) is 25.1 Å². The Bertz CT molecular complexity index is 77.3. The van der Waals surface area contributed by atoms with Crippen molar-refractivity contribution in [3.63, 3.8) is 0 Å². The van der Waals surface area contributed by atoms with Crippen LogP contribution in [0.5, 0.6) is 0 Å². The lowest BCUT2D eigenvalue weighted by Gasteiger charge is -2.12. The Labute approximate surface area is 68.0 Å². The summed E-state index contributed by atoms with van der Waals surface area (Å²) in [6.07, 6.45) is 4.02. The number of hydrogen-bond acceptors (Lipinski definition) is 2. The summed E-state index contributed by atoms with van der Waals surface area (Å²) in [6.45, 7) is 3.49. The molecular weight excluding hydrogens is 142 g/mol. The SMILES string of the molecule is CCCC1CSCCCN1. The first-order chi connectivity index (χ1) is 4.93. The van der Waals surface area contributed by atoms with Crippen molar-refractivity contribution in [2.75, 3.05) is 18.1 Å². The highest BCUT2D eigenvalue weighted by Crippen LogP contribution is 2.11. The zero-order valence-corrected chi connectivity index (χ0v) is 7.54. The van der Waals surface area contributed by atoms with Gasteiger partial charge in [-0.15, -0.1) is 0 Å². The molecule has 0 aromatic rings. The minimum atomic E-state index is 0.803. The van der Waals surface area contributed by atoms with Crippen molar-refractivity contribution in [2.45, 2.75) is 32.2 Å². The van der Waals surface area contributed by atoms with Crippen LogP contribution in [0.25, 0.3) is 0 Å². The Balaban J connectivity index is 2.15. The van der Waals surface area contributed by atoms with Gasteiger partial charge in [-0.1, -0.05) is 13.3 Å². The van der Waals surface area contributed by atoms with Gasteiger partial charge < -0.3 is 5.32 Å². The smallest absolute Gasteiger partial charge is 0.0158 e. The molecule has 0 aromatic carbocycles. The van der Waals surface area contributed by atoms with Crippen molar-refractivity contribution in [3.05, 3.63) is 0 Å². The molecule has 1 unspecified atom stereocenters. The second-order valence-electron chi connectivity index (χ2n) is 2.87. The minimum Gasteiger partial charge on any atom is -0.313 e. The van der Waals surface area contributed by atoms with Crippen molar-refractivity contribution in [1.82, 2.24) is 5.32 Å². The zero-order valence-electron chi connectivity index (χ0n) is 6.73. The first kappa shape index (κ1) is 8.41. The fourth-order valence-electron chi connectivity index (χ4n) is 1.30. The molecule has 1 saturated heterocycles. The van der Waals surface area contributed by atoms with E-state index in [1.54, 1.807) is 0 Å². The van der Waals surface area contributed by atoms with Gasteiger partial charge in [0.15, 0.2) is 0 Å². The summed E-state index contributed by atoms with van der Waals surface area (Å²) >= 11 is 2.10. The summed E-state index contributed by atoms with van der Waals surface area (Å²) < 4.78 is 0.